The van der Waals surface area contributed by atoms with Crippen molar-refractivity contribution in [1.82, 2.24) is 14.7 Å². The summed E-state index contributed by atoms with van der Waals surface area (Å²) < 4.78 is 6.79. The largest absolute Gasteiger partial charge is 0.495 e. The third-order valence-electron chi connectivity index (χ3n) is 4.87. The summed E-state index contributed by atoms with van der Waals surface area (Å²) in [4.78, 5) is 16.8. The molecule has 0 N–H and O–H groups in total. The van der Waals surface area contributed by atoms with Crippen molar-refractivity contribution < 1.29 is 9.53 Å². The van der Waals surface area contributed by atoms with E-state index >= 15 is 0 Å². The second-order valence-electron chi connectivity index (χ2n) is 6.56. The van der Waals surface area contributed by atoms with E-state index in [0.717, 1.165) is 18.7 Å². The van der Waals surface area contributed by atoms with Crippen LogP contribution in [0.2, 0.25) is 10.0 Å². The van der Waals surface area contributed by atoms with Gasteiger partial charge in [0.05, 0.1) is 22.8 Å². The lowest BCUT2D eigenvalue weighted by molar-refractivity contribution is -0.131. The van der Waals surface area contributed by atoms with Gasteiger partial charge in [-0.1, -0.05) is 23.2 Å². The topological polar surface area (TPSA) is 74.4 Å². The molecule has 3 rings (SSSR count). The second kappa shape index (κ2) is 8.72. The summed E-state index contributed by atoms with van der Waals surface area (Å²) in [6, 6.07) is 7.64. The Hall–Kier alpha value is -2.43. The van der Waals surface area contributed by atoms with Gasteiger partial charge in [0.25, 0.3) is 0 Å². The number of hydrogen-bond donors (Lipinski definition) is 0. The number of benzene rings is 1. The van der Waals surface area contributed by atoms with Gasteiger partial charge in [-0.15, -0.1) is 0 Å². The summed E-state index contributed by atoms with van der Waals surface area (Å²) in [5, 5.41) is 14.0. The van der Waals surface area contributed by atoms with Crippen LogP contribution in [0.5, 0.6) is 5.75 Å². The molecule has 0 atom stereocenters. The molecule has 1 fully saturated rings. The van der Waals surface area contributed by atoms with Crippen molar-refractivity contribution in [3.63, 3.8) is 0 Å². The van der Waals surface area contributed by atoms with Gasteiger partial charge < -0.3 is 14.5 Å². The molecular weight excluding hydrogens is 401 g/mol. The Morgan fingerprint density at radius 2 is 2.07 bits per heavy atom. The number of amides is 1. The molecule has 0 unspecified atom stereocenters. The molecule has 1 aliphatic rings. The van der Waals surface area contributed by atoms with Crippen molar-refractivity contribution in [3.05, 3.63) is 39.6 Å². The lowest BCUT2D eigenvalue weighted by atomic mass is 10.2. The molecule has 1 aromatic carbocycles. The van der Waals surface area contributed by atoms with Crippen LogP contribution in [0.3, 0.4) is 0 Å². The lowest BCUT2D eigenvalue weighted by Gasteiger charge is -2.24. The van der Waals surface area contributed by atoms with E-state index < -0.39 is 0 Å². The van der Waals surface area contributed by atoms with Gasteiger partial charge in [-0.2, -0.15) is 10.4 Å². The Labute approximate surface area is 174 Å². The van der Waals surface area contributed by atoms with Crippen LogP contribution >= 0.6 is 23.2 Å². The molecule has 0 bridgehead atoms. The van der Waals surface area contributed by atoms with Crippen molar-refractivity contribution in [2.24, 2.45) is 0 Å². The molecule has 1 amide bonds. The van der Waals surface area contributed by atoms with E-state index in [-0.39, 0.29) is 18.1 Å². The number of carbonyl (C=O) groups is 1. The van der Waals surface area contributed by atoms with E-state index in [0.29, 0.717) is 41.1 Å². The lowest BCUT2D eigenvalue weighted by Crippen LogP contribution is -2.37. The molecule has 1 aromatic heterocycles. The van der Waals surface area contributed by atoms with E-state index in [4.69, 9.17) is 33.2 Å². The second-order valence-corrected chi connectivity index (χ2v) is 7.34. The first-order chi connectivity index (χ1) is 13.4. The van der Waals surface area contributed by atoms with Crippen molar-refractivity contribution >= 4 is 34.8 Å². The number of hydrogen-bond acceptors (Lipinski definition) is 5. The summed E-state index contributed by atoms with van der Waals surface area (Å²) in [5.41, 5.74) is 1.78. The molecule has 0 spiro atoms. The van der Waals surface area contributed by atoms with Crippen LogP contribution in [0, 0.1) is 18.3 Å². The van der Waals surface area contributed by atoms with Gasteiger partial charge in [-0.3, -0.25) is 9.48 Å². The summed E-state index contributed by atoms with van der Waals surface area (Å²) in [6.07, 6.45) is 0.846. The van der Waals surface area contributed by atoms with Crippen LogP contribution in [0.1, 0.15) is 17.8 Å². The van der Waals surface area contributed by atoms with E-state index in [1.165, 1.54) is 4.68 Å². The van der Waals surface area contributed by atoms with E-state index in [1.807, 2.05) is 29.2 Å². The molecule has 9 heteroatoms. The fourth-order valence-corrected chi connectivity index (χ4v) is 3.62. The number of nitriles is 1. The van der Waals surface area contributed by atoms with Crippen molar-refractivity contribution in [2.45, 2.75) is 19.9 Å². The van der Waals surface area contributed by atoms with Crippen molar-refractivity contribution in [3.8, 4) is 11.8 Å². The minimum absolute atomic E-state index is 0.0395. The summed E-state index contributed by atoms with van der Waals surface area (Å²) in [6.45, 7) is 4.63. The van der Waals surface area contributed by atoms with Crippen LogP contribution < -0.4 is 9.64 Å². The Morgan fingerprint density at radius 1 is 1.29 bits per heavy atom. The van der Waals surface area contributed by atoms with Crippen molar-refractivity contribution in [1.29, 1.82) is 5.26 Å². The van der Waals surface area contributed by atoms with Gasteiger partial charge in [0.2, 0.25) is 5.91 Å². The third-order valence-corrected chi connectivity index (χ3v) is 5.64. The minimum Gasteiger partial charge on any atom is -0.495 e. The third kappa shape index (κ3) is 4.18. The number of rotatable bonds is 4. The fourth-order valence-electron chi connectivity index (χ4n) is 3.25. The molecule has 1 aliphatic heterocycles. The minimum atomic E-state index is -0.0395. The molecule has 148 valence electrons. The zero-order valence-corrected chi connectivity index (χ0v) is 17.3. The highest BCUT2D eigenvalue weighted by molar-refractivity contribution is 6.32. The predicted molar refractivity (Wildman–Crippen MR) is 108 cm³/mol. The molecule has 2 aromatic rings. The van der Waals surface area contributed by atoms with Crippen LogP contribution in [-0.2, 0) is 11.3 Å². The van der Waals surface area contributed by atoms with Crippen LogP contribution in [0.25, 0.3) is 0 Å². The normalized spacial score (nSPS) is 14.5. The number of ether oxygens (including phenoxy) is 1. The number of anilines is 1. The zero-order valence-electron chi connectivity index (χ0n) is 15.8. The highest BCUT2D eigenvalue weighted by Crippen LogP contribution is 2.30. The first kappa shape index (κ1) is 20.3. The molecule has 1 saturated heterocycles. The van der Waals surface area contributed by atoms with Crippen LogP contribution in [0.4, 0.5) is 5.69 Å². The highest BCUT2D eigenvalue weighted by atomic mass is 35.5. The molecular formula is C19H21Cl2N5O2. The first-order valence-electron chi connectivity index (χ1n) is 8.94. The number of methoxy groups -OCH3 is 1. The maximum atomic E-state index is 12.8. The fraction of sp³-hybridized carbons (Fsp3) is 0.421. The first-order valence-corrected chi connectivity index (χ1v) is 9.69. The zero-order chi connectivity index (χ0) is 20.3. The number of nitrogens with zero attached hydrogens (tertiary/aromatic N) is 5. The van der Waals surface area contributed by atoms with Gasteiger partial charge in [-0.25, -0.2) is 0 Å². The molecule has 0 aliphatic carbocycles. The summed E-state index contributed by atoms with van der Waals surface area (Å²) >= 11 is 12.2. The number of carbonyl (C=O) groups excluding carboxylic acids is 1. The Morgan fingerprint density at radius 3 is 2.75 bits per heavy atom. The predicted octanol–water partition coefficient (Wildman–Crippen LogP) is 3.12. The Kier molecular flexibility index (Phi) is 6.32. The Balaban J connectivity index is 1.66. The SMILES string of the molecule is COc1cc(N2CCCN(C(=O)Cn3nc(C#N)c(Cl)c3C)CC2)ccc1Cl. The summed E-state index contributed by atoms with van der Waals surface area (Å²) in [7, 11) is 1.59. The Bertz CT molecular complexity index is 922. The number of halogens is 2. The molecule has 0 radical (unpaired) electrons. The standard InChI is InChI=1S/C19H21Cl2N5O2/c1-13-19(21)16(11-22)23-26(13)12-18(27)25-7-3-6-24(8-9-25)14-4-5-15(20)17(10-14)28-2/h4-5,10H,3,6-9,12H2,1-2H3. The van der Waals surface area contributed by atoms with E-state index in [9.17, 15) is 4.79 Å². The van der Waals surface area contributed by atoms with Gasteiger partial charge in [0, 0.05) is 37.9 Å². The number of aromatic nitrogens is 2. The molecule has 2 heterocycles. The van der Waals surface area contributed by atoms with Gasteiger partial charge in [0.1, 0.15) is 18.4 Å². The van der Waals surface area contributed by atoms with Crippen LogP contribution in [-0.4, -0.2) is 53.9 Å². The van der Waals surface area contributed by atoms with Crippen molar-refractivity contribution in [2.75, 3.05) is 38.2 Å². The molecule has 28 heavy (non-hydrogen) atoms. The maximum Gasteiger partial charge on any atom is 0.244 e. The van der Waals surface area contributed by atoms with Gasteiger partial charge in [0.15, 0.2) is 5.69 Å². The smallest absolute Gasteiger partial charge is 0.244 e. The monoisotopic (exact) mass is 421 g/mol. The highest BCUT2D eigenvalue weighted by Gasteiger charge is 2.22. The quantitative estimate of drug-likeness (QED) is 0.757. The van der Waals surface area contributed by atoms with E-state index in [1.54, 1.807) is 14.0 Å². The van der Waals surface area contributed by atoms with Gasteiger partial charge in [-0.05, 0) is 25.5 Å². The van der Waals surface area contributed by atoms with E-state index in [2.05, 4.69) is 10.00 Å². The molecule has 7 nitrogen and oxygen atoms in total. The van der Waals surface area contributed by atoms with Gasteiger partial charge >= 0.3 is 0 Å². The average molecular weight is 422 g/mol. The average Bonchev–Trinajstić information content (AvgIpc) is 2.88. The van der Waals surface area contributed by atoms with Crippen LogP contribution in [0.15, 0.2) is 18.2 Å². The molecule has 0 saturated carbocycles. The summed E-state index contributed by atoms with van der Waals surface area (Å²) in [5.74, 6) is 0.595. The maximum absolute atomic E-state index is 12.8.